The molecule has 0 saturated carbocycles. The Labute approximate surface area is 139 Å². The van der Waals surface area contributed by atoms with E-state index < -0.39 is 0 Å². The van der Waals surface area contributed by atoms with Crippen LogP contribution in [0.1, 0.15) is 21.6 Å². The highest BCUT2D eigenvalue weighted by Crippen LogP contribution is 2.32. The van der Waals surface area contributed by atoms with Gasteiger partial charge < -0.3 is 14.8 Å². The molecular formula is C18H17N3O3. The van der Waals surface area contributed by atoms with Crippen molar-refractivity contribution in [1.82, 2.24) is 15.1 Å². The Kier molecular flexibility index (Phi) is 3.37. The van der Waals surface area contributed by atoms with Gasteiger partial charge in [-0.05, 0) is 37.3 Å². The molecule has 3 aromatic rings. The lowest BCUT2D eigenvalue weighted by molar-refractivity contribution is 0.0950. The molecule has 0 saturated heterocycles. The topological polar surface area (TPSA) is 65.4 Å². The number of benzene rings is 2. The average Bonchev–Trinajstić information content (AvgIpc) is 3.16. The number of nitrogens with zero attached hydrogens (tertiary/aromatic N) is 2. The highest BCUT2D eigenvalue weighted by Gasteiger charge is 2.17. The summed E-state index contributed by atoms with van der Waals surface area (Å²) in [5.74, 6) is 1.10. The van der Waals surface area contributed by atoms with E-state index in [-0.39, 0.29) is 12.7 Å². The summed E-state index contributed by atoms with van der Waals surface area (Å²) in [5.41, 5.74) is 3.60. The molecule has 0 spiro atoms. The van der Waals surface area contributed by atoms with Crippen LogP contribution in [0.15, 0.2) is 36.4 Å². The van der Waals surface area contributed by atoms with Crippen LogP contribution in [-0.2, 0) is 13.6 Å². The quantitative estimate of drug-likeness (QED) is 0.804. The minimum absolute atomic E-state index is 0.167. The van der Waals surface area contributed by atoms with Crippen molar-refractivity contribution in [3.05, 3.63) is 53.2 Å². The monoisotopic (exact) mass is 323 g/mol. The van der Waals surface area contributed by atoms with Crippen LogP contribution in [0.5, 0.6) is 11.5 Å². The van der Waals surface area contributed by atoms with E-state index in [0.717, 1.165) is 16.6 Å². The molecule has 0 aliphatic carbocycles. The minimum Gasteiger partial charge on any atom is -0.454 e. The van der Waals surface area contributed by atoms with E-state index in [4.69, 9.17) is 9.47 Å². The number of aryl methyl sites for hydroxylation is 2. The first-order chi connectivity index (χ1) is 11.6. The van der Waals surface area contributed by atoms with Crippen LogP contribution < -0.4 is 14.8 Å². The van der Waals surface area contributed by atoms with Gasteiger partial charge in [-0.2, -0.15) is 5.10 Å². The summed E-state index contributed by atoms with van der Waals surface area (Å²) in [5, 5.41) is 8.49. The van der Waals surface area contributed by atoms with Crippen LogP contribution in [0, 0.1) is 6.92 Å². The minimum atomic E-state index is -0.167. The maximum absolute atomic E-state index is 12.4. The maximum atomic E-state index is 12.4. The lowest BCUT2D eigenvalue weighted by Gasteiger charge is -2.05. The first kappa shape index (κ1) is 14.6. The van der Waals surface area contributed by atoms with Crippen LogP contribution in [0.3, 0.4) is 0 Å². The number of amides is 1. The molecule has 24 heavy (non-hydrogen) atoms. The zero-order chi connectivity index (χ0) is 16.7. The molecule has 0 radical (unpaired) electrons. The summed E-state index contributed by atoms with van der Waals surface area (Å²) in [6.07, 6.45) is 0. The van der Waals surface area contributed by atoms with Gasteiger partial charge in [-0.3, -0.25) is 9.48 Å². The first-order valence-electron chi connectivity index (χ1n) is 7.72. The Morgan fingerprint density at radius 3 is 2.92 bits per heavy atom. The van der Waals surface area contributed by atoms with Crippen molar-refractivity contribution in [3.8, 4) is 11.5 Å². The number of ether oxygens (including phenoxy) is 2. The summed E-state index contributed by atoms with van der Waals surface area (Å²) in [7, 11) is 1.90. The van der Waals surface area contributed by atoms with E-state index >= 15 is 0 Å². The molecule has 1 aliphatic rings. The normalized spacial score (nSPS) is 12.6. The molecule has 6 heteroatoms. The van der Waals surface area contributed by atoms with Gasteiger partial charge in [0.25, 0.3) is 5.91 Å². The van der Waals surface area contributed by atoms with Crippen LogP contribution in [0.4, 0.5) is 0 Å². The van der Waals surface area contributed by atoms with Gasteiger partial charge in [0.2, 0.25) is 6.79 Å². The second-order valence-electron chi connectivity index (χ2n) is 5.84. The van der Waals surface area contributed by atoms with E-state index in [9.17, 15) is 4.79 Å². The predicted octanol–water partition coefficient (Wildman–Crippen LogP) is 2.54. The van der Waals surface area contributed by atoms with Gasteiger partial charge in [0, 0.05) is 18.0 Å². The lowest BCUT2D eigenvalue weighted by atomic mass is 10.1. The molecule has 0 atom stereocenters. The number of carbonyl (C=O) groups is 1. The number of fused-ring (bicyclic) bond motifs is 2. The van der Waals surface area contributed by atoms with Crippen LogP contribution in [-0.4, -0.2) is 22.5 Å². The summed E-state index contributed by atoms with van der Waals surface area (Å²) in [6.45, 7) is 2.61. The van der Waals surface area contributed by atoms with Gasteiger partial charge in [0.15, 0.2) is 11.5 Å². The largest absolute Gasteiger partial charge is 0.454 e. The van der Waals surface area contributed by atoms with Crippen molar-refractivity contribution < 1.29 is 14.3 Å². The van der Waals surface area contributed by atoms with Crippen molar-refractivity contribution in [2.45, 2.75) is 13.5 Å². The molecule has 6 nitrogen and oxygen atoms in total. The van der Waals surface area contributed by atoms with Gasteiger partial charge in [0.1, 0.15) is 0 Å². The van der Waals surface area contributed by atoms with Gasteiger partial charge >= 0.3 is 0 Å². The molecule has 0 bridgehead atoms. The average molecular weight is 323 g/mol. The molecule has 2 aromatic carbocycles. The third-order valence-corrected chi connectivity index (χ3v) is 4.13. The second kappa shape index (κ2) is 5.56. The van der Waals surface area contributed by atoms with Gasteiger partial charge in [-0.1, -0.05) is 11.6 Å². The number of carbonyl (C=O) groups excluding carboxylic acids is 1. The molecular weight excluding hydrogens is 306 g/mol. The van der Waals surface area contributed by atoms with E-state index in [1.807, 2.05) is 24.7 Å². The molecule has 0 fully saturated rings. The fourth-order valence-electron chi connectivity index (χ4n) is 2.89. The summed E-state index contributed by atoms with van der Waals surface area (Å²) >= 11 is 0. The summed E-state index contributed by atoms with van der Waals surface area (Å²) < 4.78 is 12.4. The summed E-state index contributed by atoms with van der Waals surface area (Å²) in [4.78, 5) is 12.4. The molecule has 2 heterocycles. The number of nitrogens with one attached hydrogen (secondary N) is 1. The zero-order valence-corrected chi connectivity index (χ0v) is 13.5. The van der Waals surface area contributed by atoms with Crippen molar-refractivity contribution in [1.29, 1.82) is 0 Å². The van der Waals surface area contributed by atoms with Crippen molar-refractivity contribution in [2.75, 3.05) is 6.79 Å². The van der Waals surface area contributed by atoms with Crippen LogP contribution in [0.2, 0.25) is 0 Å². The lowest BCUT2D eigenvalue weighted by Crippen LogP contribution is -2.23. The van der Waals surface area contributed by atoms with Crippen LogP contribution >= 0.6 is 0 Å². The Morgan fingerprint density at radius 1 is 1.21 bits per heavy atom. The summed E-state index contributed by atoms with van der Waals surface area (Å²) in [6, 6.07) is 11.4. The number of hydrogen-bond acceptors (Lipinski definition) is 4. The van der Waals surface area contributed by atoms with Crippen molar-refractivity contribution >= 4 is 16.8 Å². The SMILES string of the molecule is Cc1ccc2c(c1)c(CNC(=O)c1ccc3c(c1)OCO3)nn2C. The Bertz CT molecular complexity index is 946. The highest BCUT2D eigenvalue weighted by atomic mass is 16.7. The zero-order valence-electron chi connectivity index (χ0n) is 13.5. The van der Waals surface area contributed by atoms with Gasteiger partial charge in [-0.25, -0.2) is 0 Å². The predicted molar refractivity (Wildman–Crippen MR) is 89.2 cm³/mol. The van der Waals surface area contributed by atoms with Gasteiger partial charge in [-0.15, -0.1) is 0 Å². The molecule has 1 aromatic heterocycles. The molecule has 1 N–H and O–H groups in total. The molecule has 0 unspecified atom stereocenters. The second-order valence-corrected chi connectivity index (χ2v) is 5.84. The number of aromatic nitrogens is 2. The fraction of sp³-hybridized carbons (Fsp3) is 0.222. The standard InChI is InChI=1S/C18H17N3O3/c1-11-3-5-15-13(7-11)14(20-21(15)2)9-19-18(22)12-4-6-16-17(8-12)24-10-23-16/h3-8H,9-10H2,1-2H3,(H,19,22). The number of rotatable bonds is 3. The van der Waals surface area contributed by atoms with Crippen molar-refractivity contribution in [2.24, 2.45) is 7.05 Å². The van der Waals surface area contributed by atoms with E-state index in [2.05, 4.69) is 22.5 Å². The Balaban J connectivity index is 1.54. The van der Waals surface area contributed by atoms with E-state index in [1.165, 1.54) is 5.56 Å². The van der Waals surface area contributed by atoms with Crippen LogP contribution in [0.25, 0.3) is 10.9 Å². The third kappa shape index (κ3) is 2.46. The smallest absolute Gasteiger partial charge is 0.251 e. The number of hydrogen-bond donors (Lipinski definition) is 1. The Morgan fingerprint density at radius 2 is 2.04 bits per heavy atom. The molecule has 122 valence electrons. The molecule has 4 rings (SSSR count). The third-order valence-electron chi connectivity index (χ3n) is 4.13. The first-order valence-corrected chi connectivity index (χ1v) is 7.72. The fourth-order valence-corrected chi connectivity index (χ4v) is 2.89. The molecule has 1 amide bonds. The van der Waals surface area contributed by atoms with E-state index in [0.29, 0.717) is 23.6 Å². The Hall–Kier alpha value is -3.02. The van der Waals surface area contributed by atoms with Gasteiger partial charge in [0.05, 0.1) is 17.8 Å². The molecule has 1 aliphatic heterocycles. The van der Waals surface area contributed by atoms with Crippen molar-refractivity contribution in [3.63, 3.8) is 0 Å². The highest BCUT2D eigenvalue weighted by molar-refractivity contribution is 5.95. The maximum Gasteiger partial charge on any atom is 0.251 e. The van der Waals surface area contributed by atoms with E-state index in [1.54, 1.807) is 18.2 Å².